The molecule has 0 spiro atoms. The lowest BCUT2D eigenvalue weighted by Gasteiger charge is -2.23. The Morgan fingerprint density at radius 1 is 1.06 bits per heavy atom. The summed E-state index contributed by atoms with van der Waals surface area (Å²) < 4.78 is 0. The highest BCUT2D eigenvalue weighted by Gasteiger charge is 2.22. The fraction of sp³-hybridized carbons (Fsp3) is 0.933. The van der Waals surface area contributed by atoms with Crippen molar-refractivity contribution in [2.45, 2.75) is 77.7 Å². The summed E-state index contributed by atoms with van der Waals surface area (Å²) in [5.74, 6) is 0. The Hall–Kier alpha value is -0.550. The minimum atomic E-state index is 0.932. The molecule has 0 aromatic heterocycles. The molecule has 100 valence electrons. The highest BCUT2D eigenvalue weighted by Crippen LogP contribution is 2.21. The zero-order valence-corrected chi connectivity index (χ0v) is 11.8. The monoisotopic (exact) mass is 238 g/mol. The van der Waals surface area contributed by atoms with Crippen LogP contribution >= 0.6 is 0 Å². The molecule has 0 aliphatic carbocycles. The van der Waals surface area contributed by atoms with Crippen LogP contribution in [0, 0.1) is 11.8 Å². The molecule has 1 heterocycles. The Morgan fingerprint density at radius 2 is 1.76 bits per heavy atom. The van der Waals surface area contributed by atoms with Gasteiger partial charge >= 0.3 is 0 Å². The highest BCUT2D eigenvalue weighted by atomic mass is 15.2. The van der Waals surface area contributed by atoms with Gasteiger partial charge in [0.1, 0.15) is 0 Å². The smallest absolute Gasteiger partial charge is 0.0462 e. The number of rotatable bonds is 8. The first-order valence-electron chi connectivity index (χ1n) is 7.38. The lowest BCUT2D eigenvalue weighted by atomic mass is 10.1. The average Bonchev–Trinajstić information content (AvgIpc) is 2.80. The van der Waals surface area contributed by atoms with Crippen LogP contribution in [0.25, 0.3) is 0 Å². The van der Waals surface area contributed by atoms with Crippen molar-refractivity contribution in [3.8, 4) is 6.57 Å². The summed E-state index contributed by atoms with van der Waals surface area (Å²) >= 11 is 0. The molecule has 0 amide bonds. The number of hydrogen-bond donors (Lipinski definition) is 0. The summed E-state index contributed by atoms with van der Waals surface area (Å²) in [4.78, 5) is 2.75. The van der Waals surface area contributed by atoms with Gasteiger partial charge in [0.2, 0.25) is 0 Å². The van der Waals surface area contributed by atoms with Gasteiger partial charge in [-0.2, -0.15) is 0 Å². The Labute approximate surface area is 108 Å². The molecular formula is C15H30N2. The second kappa shape index (κ2) is 11.9. The lowest BCUT2D eigenvalue weighted by Crippen LogP contribution is -2.30. The topological polar surface area (TPSA) is 27.0 Å². The summed E-state index contributed by atoms with van der Waals surface area (Å²) in [6.45, 7) is 10.8. The zero-order chi connectivity index (χ0) is 12.9. The number of nitriles is 1. The predicted octanol–water partition coefficient (Wildman–Crippen LogP) is 4.36. The molecule has 0 radical (unpaired) electrons. The van der Waals surface area contributed by atoms with Crippen LogP contribution in [0.3, 0.4) is 0 Å². The van der Waals surface area contributed by atoms with Gasteiger partial charge in [-0.3, -0.25) is 0 Å². The minimum Gasteiger partial charge on any atom is -0.300 e. The van der Waals surface area contributed by atoms with Crippen molar-refractivity contribution in [2.75, 3.05) is 13.1 Å². The standard InChI is InChI=1S/C14H29N.CHN/c1-3-5-6-7-8-12-15-13-9-11-14(15)10-4-2;1-2/h14H,3-13H2,1-2H3;1H. The van der Waals surface area contributed by atoms with Gasteiger partial charge in [0, 0.05) is 12.6 Å². The van der Waals surface area contributed by atoms with E-state index in [1.54, 1.807) is 0 Å². The molecule has 0 N–H and O–H groups in total. The van der Waals surface area contributed by atoms with Gasteiger partial charge in [0.15, 0.2) is 0 Å². The predicted molar refractivity (Wildman–Crippen MR) is 74.9 cm³/mol. The summed E-state index contributed by atoms with van der Waals surface area (Å²) in [5.41, 5.74) is 0. The van der Waals surface area contributed by atoms with E-state index in [0.717, 1.165) is 6.04 Å². The Morgan fingerprint density at radius 3 is 2.41 bits per heavy atom. The fourth-order valence-electron chi connectivity index (χ4n) is 2.77. The third-order valence-electron chi connectivity index (χ3n) is 3.67. The van der Waals surface area contributed by atoms with Gasteiger partial charge in [-0.1, -0.05) is 46.0 Å². The van der Waals surface area contributed by atoms with Crippen molar-refractivity contribution in [3.05, 3.63) is 0 Å². The van der Waals surface area contributed by atoms with Crippen LogP contribution in [0.15, 0.2) is 0 Å². The minimum absolute atomic E-state index is 0.932. The second-order valence-corrected chi connectivity index (χ2v) is 5.03. The number of nitrogens with zero attached hydrogens (tertiary/aromatic N) is 2. The van der Waals surface area contributed by atoms with Crippen LogP contribution in [-0.2, 0) is 0 Å². The zero-order valence-electron chi connectivity index (χ0n) is 11.8. The summed E-state index contributed by atoms with van der Waals surface area (Å²) in [7, 11) is 0. The van der Waals surface area contributed by atoms with Crippen molar-refractivity contribution in [1.29, 1.82) is 5.26 Å². The van der Waals surface area contributed by atoms with Crippen LogP contribution in [0.1, 0.15) is 71.6 Å². The third kappa shape index (κ3) is 7.39. The maximum atomic E-state index is 6.50. The van der Waals surface area contributed by atoms with Gasteiger partial charge < -0.3 is 4.90 Å². The van der Waals surface area contributed by atoms with Gasteiger partial charge in [-0.15, -0.1) is 0 Å². The summed E-state index contributed by atoms with van der Waals surface area (Å²) in [5, 5.41) is 6.50. The fourth-order valence-corrected chi connectivity index (χ4v) is 2.77. The molecule has 1 aliphatic heterocycles. The normalized spacial score (nSPS) is 19.9. The van der Waals surface area contributed by atoms with E-state index < -0.39 is 0 Å². The first-order chi connectivity index (χ1) is 8.38. The first-order valence-corrected chi connectivity index (χ1v) is 7.38. The van der Waals surface area contributed by atoms with Crippen molar-refractivity contribution in [3.63, 3.8) is 0 Å². The first kappa shape index (κ1) is 16.4. The molecule has 1 unspecified atom stereocenters. The van der Waals surface area contributed by atoms with Crippen molar-refractivity contribution in [1.82, 2.24) is 4.90 Å². The number of hydrogen-bond acceptors (Lipinski definition) is 2. The highest BCUT2D eigenvalue weighted by molar-refractivity contribution is 4.78. The Kier molecular flexibility index (Phi) is 11.5. The van der Waals surface area contributed by atoms with Crippen molar-refractivity contribution < 1.29 is 0 Å². The van der Waals surface area contributed by atoms with E-state index in [2.05, 4.69) is 25.3 Å². The van der Waals surface area contributed by atoms with Crippen molar-refractivity contribution in [2.24, 2.45) is 0 Å². The van der Waals surface area contributed by atoms with E-state index in [1.165, 1.54) is 70.9 Å². The number of likely N-dealkylation sites (tertiary alicyclic amines) is 1. The quantitative estimate of drug-likeness (QED) is 0.587. The van der Waals surface area contributed by atoms with Crippen LogP contribution in [0.4, 0.5) is 0 Å². The molecule has 0 bridgehead atoms. The molecular weight excluding hydrogens is 208 g/mol. The maximum Gasteiger partial charge on any atom is 0.0462 e. The molecule has 1 fully saturated rings. The van der Waals surface area contributed by atoms with E-state index in [4.69, 9.17) is 5.26 Å². The Bertz CT molecular complexity index is 177. The van der Waals surface area contributed by atoms with Crippen LogP contribution in [0.2, 0.25) is 0 Å². The molecule has 1 atom stereocenters. The maximum absolute atomic E-state index is 6.50. The molecule has 1 aliphatic rings. The van der Waals surface area contributed by atoms with Crippen LogP contribution in [0.5, 0.6) is 0 Å². The SMILES string of the molecule is C#N.CCCCCCCN1CCCC1CCC. The summed E-state index contributed by atoms with van der Waals surface area (Å²) in [6.07, 6.45) is 12.8. The van der Waals surface area contributed by atoms with Crippen LogP contribution in [-0.4, -0.2) is 24.0 Å². The van der Waals surface area contributed by atoms with Crippen LogP contribution < -0.4 is 0 Å². The van der Waals surface area contributed by atoms with Gasteiger partial charge in [-0.05, 0) is 38.8 Å². The second-order valence-electron chi connectivity index (χ2n) is 5.03. The molecule has 2 heteroatoms. The molecule has 1 saturated heterocycles. The summed E-state index contributed by atoms with van der Waals surface area (Å²) in [6, 6.07) is 0.932. The molecule has 1 rings (SSSR count). The molecule has 2 nitrogen and oxygen atoms in total. The van der Waals surface area contributed by atoms with Gasteiger partial charge in [0.25, 0.3) is 0 Å². The van der Waals surface area contributed by atoms with E-state index in [-0.39, 0.29) is 0 Å². The van der Waals surface area contributed by atoms with Gasteiger partial charge in [0.05, 0.1) is 0 Å². The van der Waals surface area contributed by atoms with E-state index in [1.807, 2.05) is 0 Å². The van der Waals surface area contributed by atoms with E-state index >= 15 is 0 Å². The molecule has 0 aromatic carbocycles. The Balaban J connectivity index is 0.00000121. The molecule has 17 heavy (non-hydrogen) atoms. The third-order valence-corrected chi connectivity index (χ3v) is 3.67. The number of unbranched alkanes of at least 4 members (excludes halogenated alkanes) is 4. The van der Waals surface area contributed by atoms with E-state index in [0.29, 0.717) is 0 Å². The lowest BCUT2D eigenvalue weighted by molar-refractivity contribution is 0.236. The van der Waals surface area contributed by atoms with E-state index in [9.17, 15) is 0 Å². The van der Waals surface area contributed by atoms with Gasteiger partial charge in [-0.25, -0.2) is 5.26 Å². The van der Waals surface area contributed by atoms with Crippen molar-refractivity contribution >= 4 is 0 Å². The molecule has 0 aromatic rings. The largest absolute Gasteiger partial charge is 0.300 e. The average molecular weight is 238 g/mol. The molecule has 0 saturated carbocycles.